The van der Waals surface area contributed by atoms with Crippen LogP contribution >= 0.6 is 23.4 Å². The van der Waals surface area contributed by atoms with Gasteiger partial charge in [0.2, 0.25) is 0 Å². The summed E-state index contributed by atoms with van der Waals surface area (Å²) < 4.78 is 5.82. The van der Waals surface area contributed by atoms with Crippen molar-refractivity contribution in [3.05, 3.63) is 29.0 Å². The Morgan fingerprint density at radius 1 is 1.22 bits per heavy atom. The van der Waals surface area contributed by atoms with Gasteiger partial charge in [0.05, 0.1) is 4.90 Å². The van der Waals surface area contributed by atoms with Crippen LogP contribution in [0.2, 0.25) is 5.02 Å². The van der Waals surface area contributed by atoms with Gasteiger partial charge in [0.25, 0.3) is 0 Å². The summed E-state index contributed by atoms with van der Waals surface area (Å²) in [5.41, 5.74) is 0.954. The largest absolute Gasteiger partial charge is 0.460 e. The zero-order chi connectivity index (χ0) is 12.5. The standard InChI is InChI=1S/C15H17ClOS/c1-10-15(18-12-5-3-2-4-6-12)13-9-11(16)7-8-14(13)17-10/h7-9,12H,2-6H2,1H3. The highest BCUT2D eigenvalue weighted by Gasteiger charge is 2.19. The first-order valence-electron chi connectivity index (χ1n) is 6.59. The predicted molar refractivity (Wildman–Crippen MR) is 78.7 cm³/mol. The van der Waals surface area contributed by atoms with Crippen molar-refractivity contribution in [1.82, 2.24) is 0 Å². The van der Waals surface area contributed by atoms with Crippen LogP contribution in [0.4, 0.5) is 0 Å². The van der Waals surface area contributed by atoms with E-state index >= 15 is 0 Å². The highest BCUT2D eigenvalue weighted by atomic mass is 35.5. The van der Waals surface area contributed by atoms with Crippen LogP contribution in [0, 0.1) is 6.92 Å². The van der Waals surface area contributed by atoms with E-state index in [1.807, 2.05) is 30.0 Å². The Labute approximate surface area is 117 Å². The summed E-state index contributed by atoms with van der Waals surface area (Å²) in [7, 11) is 0. The van der Waals surface area contributed by atoms with Crippen molar-refractivity contribution in [3.8, 4) is 0 Å². The Balaban J connectivity index is 1.94. The van der Waals surface area contributed by atoms with E-state index in [0.29, 0.717) is 0 Å². The second kappa shape index (κ2) is 5.18. The van der Waals surface area contributed by atoms with Crippen molar-refractivity contribution in [2.75, 3.05) is 0 Å². The Hall–Kier alpha value is -0.600. The quantitative estimate of drug-likeness (QED) is 0.687. The Morgan fingerprint density at radius 2 is 2.00 bits per heavy atom. The molecule has 1 saturated carbocycles. The van der Waals surface area contributed by atoms with Gasteiger partial charge in [0, 0.05) is 15.7 Å². The minimum atomic E-state index is 0.747. The van der Waals surface area contributed by atoms with Crippen LogP contribution in [-0.2, 0) is 0 Å². The van der Waals surface area contributed by atoms with Gasteiger partial charge in [-0.1, -0.05) is 30.9 Å². The minimum absolute atomic E-state index is 0.747. The molecular weight excluding hydrogens is 264 g/mol. The van der Waals surface area contributed by atoms with Crippen LogP contribution in [0.25, 0.3) is 11.0 Å². The zero-order valence-electron chi connectivity index (χ0n) is 10.5. The predicted octanol–water partition coefficient (Wildman–Crippen LogP) is 5.82. The second-order valence-electron chi connectivity index (χ2n) is 5.01. The summed E-state index contributed by atoms with van der Waals surface area (Å²) in [6.07, 6.45) is 6.79. The fourth-order valence-electron chi connectivity index (χ4n) is 2.67. The van der Waals surface area contributed by atoms with Gasteiger partial charge in [-0.05, 0) is 38.0 Å². The number of furan rings is 1. The summed E-state index contributed by atoms with van der Waals surface area (Å²) in [5, 5.41) is 2.71. The lowest BCUT2D eigenvalue weighted by Crippen LogP contribution is -2.07. The first-order valence-corrected chi connectivity index (χ1v) is 7.85. The van der Waals surface area contributed by atoms with Crippen molar-refractivity contribution < 1.29 is 4.42 Å². The summed E-state index contributed by atoms with van der Waals surface area (Å²) in [5.74, 6) is 1.03. The monoisotopic (exact) mass is 280 g/mol. The number of aryl methyl sites for hydroxylation is 1. The number of fused-ring (bicyclic) bond motifs is 1. The molecule has 0 amide bonds. The third kappa shape index (κ3) is 2.41. The molecule has 0 saturated heterocycles. The smallest absolute Gasteiger partial charge is 0.135 e. The maximum absolute atomic E-state index is 6.09. The topological polar surface area (TPSA) is 13.1 Å². The van der Waals surface area contributed by atoms with Crippen LogP contribution < -0.4 is 0 Å². The number of thioether (sulfide) groups is 1. The molecule has 2 aromatic rings. The van der Waals surface area contributed by atoms with Crippen molar-refractivity contribution in [1.29, 1.82) is 0 Å². The summed E-state index contributed by atoms with van der Waals surface area (Å²) in [6.45, 7) is 2.05. The molecule has 1 fully saturated rings. The first kappa shape index (κ1) is 12.4. The lowest BCUT2D eigenvalue weighted by Gasteiger charge is -2.20. The molecule has 0 unspecified atom stereocenters. The van der Waals surface area contributed by atoms with Gasteiger partial charge in [-0.2, -0.15) is 0 Å². The molecule has 1 aliphatic rings. The van der Waals surface area contributed by atoms with E-state index in [1.54, 1.807) is 0 Å². The van der Waals surface area contributed by atoms with Crippen molar-refractivity contribution >= 4 is 34.3 Å². The normalized spacial score (nSPS) is 17.4. The van der Waals surface area contributed by atoms with Crippen LogP contribution in [0.15, 0.2) is 27.5 Å². The third-order valence-electron chi connectivity index (χ3n) is 3.61. The fourth-order valence-corrected chi connectivity index (χ4v) is 4.23. The molecular formula is C15H17ClOS. The average Bonchev–Trinajstić information content (AvgIpc) is 2.67. The Morgan fingerprint density at radius 3 is 2.78 bits per heavy atom. The minimum Gasteiger partial charge on any atom is -0.460 e. The van der Waals surface area contributed by atoms with E-state index < -0.39 is 0 Å². The van der Waals surface area contributed by atoms with Gasteiger partial charge >= 0.3 is 0 Å². The Bertz CT molecular complexity index is 555. The lowest BCUT2D eigenvalue weighted by atomic mass is 10.0. The van der Waals surface area contributed by atoms with Gasteiger partial charge in [0.1, 0.15) is 11.3 Å². The van der Waals surface area contributed by atoms with E-state index in [0.717, 1.165) is 21.6 Å². The highest BCUT2D eigenvalue weighted by Crippen LogP contribution is 2.41. The molecule has 1 heterocycles. The van der Waals surface area contributed by atoms with E-state index in [2.05, 4.69) is 6.92 Å². The lowest BCUT2D eigenvalue weighted by molar-refractivity contribution is 0.515. The molecule has 0 atom stereocenters. The fraction of sp³-hybridized carbons (Fsp3) is 0.467. The number of benzene rings is 1. The molecule has 1 aromatic carbocycles. The van der Waals surface area contributed by atoms with Crippen molar-refractivity contribution in [2.24, 2.45) is 0 Å². The van der Waals surface area contributed by atoms with Gasteiger partial charge in [-0.3, -0.25) is 0 Å². The van der Waals surface area contributed by atoms with Crippen LogP contribution in [0.1, 0.15) is 37.9 Å². The summed E-state index contributed by atoms with van der Waals surface area (Å²) >= 11 is 8.08. The van der Waals surface area contributed by atoms with Gasteiger partial charge in [-0.25, -0.2) is 0 Å². The summed E-state index contributed by atoms with van der Waals surface area (Å²) in [4.78, 5) is 1.29. The maximum atomic E-state index is 6.09. The van der Waals surface area contributed by atoms with Crippen LogP contribution in [0.3, 0.4) is 0 Å². The average molecular weight is 281 g/mol. The summed E-state index contributed by atoms with van der Waals surface area (Å²) in [6, 6.07) is 5.88. The maximum Gasteiger partial charge on any atom is 0.135 e. The van der Waals surface area contributed by atoms with E-state index in [4.69, 9.17) is 16.0 Å². The zero-order valence-corrected chi connectivity index (χ0v) is 12.1. The number of halogens is 1. The van der Waals surface area contributed by atoms with Crippen molar-refractivity contribution in [3.63, 3.8) is 0 Å². The molecule has 1 aliphatic carbocycles. The molecule has 0 radical (unpaired) electrons. The SMILES string of the molecule is Cc1oc2ccc(Cl)cc2c1SC1CCCCC1. The molecule has 3 rings (SSSR count). The molecule has 0 bridgehead atoms. The highest BCUT2D eigenvalue weighted by molar-refractivity contribution is 8.00. The molecule has 0 N–H and O–H groups in total. The molecule has 1 aromatic heterocycles. The van der Waals surface area contributed by atoms with Crippen LogP contribution in [0.5, 0.6) is 0 Å². The molecule has 0 spiro atoms. The van der Waals surface area contributed by atoms with E-state index in [9.17, 15) is 0 Å². The number of hydrogen-bond acceptors (Lipinski definition) is 2. The second-order valence-corrected chi connectivity index (χ2v) is 6.75. The van der Waals surface area contributed by atoms with E-state index in [-0.39, 0.29) is 0 Å². The third-order valence-corrected chi connectivity index (χ3v) is 5.39. The molecule has 96 valence electrons. The first-order chi connectivity index (χ1) is 8.74. The van der Waals surface area contributed by atoms with Gasteiger partial charge < -0.3 is 4.42 Å². The molecule has 18 heavy (non-hydrogen) atoms. The number of hydrogen-bond donors (Lipinski definition) is 0. The molecule has 0 aliphatic heterocycles. The molecule has 3 heteroatoms. The number of rotatable bonds is 2. The van der Waals surface area contributed by atoms with Gasteiger partial charge in [0.15, 0.2) is 0 Å². The Kier molecular flexibility index (Phi) is 3.58. The molecule has 1 nitrogen and oxygen atoms in total. The van der Waals surface area contributed by atoms with Crippen LogP contribution in [-0.4, -0.2) is 5.25 Å². The van der Waals surface area contributed by atoms with Gasteiger partial charge in [-0.15, -0.1) is 11.8 Å². The van der Waals surface area contributed by atoms with E-state index in [1.165, 1.54) is 42.4 Å². The van der Waals surface area contributed by atoms with Crippen molar-refractivity contribution in [2.45, 2.75) is 49.2 Å².